The lowest BCUT2D eigenvalue weighted by Crippen LogP contribution is -2.29. The second kappa shape index (κ2) is 6.79. The average molecular weight is 327 g/mol. The highest BCUT2D eigenvalue weighted by Gasteiger charge is 2.45. The molecule has 0 radical (unpaired) electrons. The zero-order valence-corrected chi connectivity index (χ0v) is 13.8. The van der Waals surface area contributed by atoms with Crippen molar-refractivity contribution in [3.05, 3.63) is 35.4 Å². The number of hydrogen-bond donors (Lipinski definition) is 0. The lowest BCUT2D eigenvalue weighted by atomic mass is 10.1. The molecule has 0 N–H and O–H groups in total. The van der Waals surface area contributed by atoms with Crippen LogP contribution >= 0.6 is 6.64 Å². The summed E-state index contributed by atoms with van der Waals surface area (Å²) in [5.41, 5.74) is 0.717. The second-order valence-corrected chi connectivity index (χ2v) is 7.84. The Kier molecular flexibility index (Phi) is 5.27. The van der Waals surface area contributed by atoms with Crippen LogP contribution in [-0.4, -0.2) is 29.7 Å². The maximum atomic E-state index is 12.5. The van der Waals surface area contributed by atoms with Crippen LogP contribution in [0.3, 0.4) is 0 Å². The van der Waals surface area contributed by atoms with Crippen LogP contribution in [0.5, 0.6) is 0 Å². The summed E-state index contributed by atoms with van der Waals surface area (Å²) in [4.78, 5) is 25.0. The van der Waals surface area contributed by atoms with Crippen molar-refractivity contribution >= 4 is 30.3 Å². The predicted molar refractivity (Wildman–Crippen MR) is 83.7 cm³/mol. The molecule has 0 fully saturated rings. The van der Waals surface area contributed by atoms with Gasteiger partial charge in [-0.05, 0) is 36.8 Å². The molecule has 0 atom stereocenters. The van der Waals surface area contributed by atoms with Crippen LogP contribution in [-0.2, 0) is 20.9 Å². The number of carbonyl (C=O) groups is 2. The molecule has 0 aliphatic carbocycles. The molecule has 21 heavy (non-hydrogen) atoms. The van der Waals surface area contributed by atoms with Crippen molar-refractivity contribution in [2.24, 2.45) is 0 Å². The number of rotatable bonds is 7. The van der Waals surface area contributed by atoms with E-state index in [1.165, 1.54) is 0 Å². The predicted octanol–water partition coefficient (Wildman–Crippen LogP) is 3.36. The Morgan fingerprint density at radius 3 is 1.81 bits per heavy atom. The van der Waals surface area contributed by atoms with Crippen molar-refractivity contribution in [2.45, 2.75) is 26.7 Å². The minimum Gasteiger partial charge on any atom is -0.313 e. The summed E-state index contributed by atoms with van der Waals surface area (Å²) in [6.07, 6.45) is 1.47. The van der Waals surface area contributed by atoms with Crippen molar-refractivity contribution in [3.8, 4) is 0 Å². The van der Waals surface area contributed by atoms with Crippen LogP contribution in [0.15, 0.2) is 24.3 Å². The van der Waals surface area contributed by atoms with E-state index in [-0.39, 0.29) is 0 Å². The lowest BCUT2D eigenvalue weighted by molar-refractivity contribution is 0.0721. The van der Waals surface area contributed by atoms with Crippen LogP contribution < -0.4 is 0 Å². The Morgan fingerprint density at radius 1 is 1.00 bits per heavy atom. The first kappa shape index (κ1) is 16.3. The van der Waals surface area contributed by atoms with E-state index in [9.17, 15) is 9.59 Å². The molecule has 1 heterocycles. The van der Waals surface area contributed by atoms with Gasteiger partial charge in [-0.3, -0.25) is 9.59 Å². The van der Waals surface area contributed by atoms with Crippen LogP contribution in [0.4, 0.5) is 0 Å². The second-order valence-electron chi connectivity index (χ2n) is 4.60. The van der Waals surface area contributed by atoms with Crippen LogP contribution in [0.25, 0.3) is 0 Å². The van der Waals surface area contributed by atoms with E-state index < -0.39 is 18.5 Å². The molecule has 7 heteroatoms. The first-order valence-corrected chi connectivity index (χ1v) is 9.51. The van der Waals surface area contributed by atoms with E-state index in [0.29, 0.717) is 24.3 Å². The molecule has 1 aliphatic heterocycles. The van der Waals surface area contributed by atoms with Crippen molar-refractivity contribution in [2.75, 3.05) is 13.2 Å². The van der Waals surface area contributed by atoms with E-state index in [4.69, 9.17) is 20.9 Å². The van der Waals surface area contributed by atoms with Gasteiger partial charge in [-0.15, -0.1) is 0 Å². The van der Waals surface area contributed by atoms with Crippen LogP contribution in [0.1, 0.15) is 47.4 Å². The van der Waals surface area contributed by atoms with Crippen molar-refractivity contribution in [3.63, 3.8) is 0 Å². The molecule has 1 aromatic rings. The summed E-state index contributed by atoms with van der Waals surface area (Å²) in [5, 5.41) is 0. The molecule has 1 aliphatic rings. The summed E-state index contributed by atoms with van der Waals surface area (Å²) in [5.74, 6) is -0.850. The number of nitrogens with zero attached hydrogens (tertiary/aromatic N) is 1. The van der Waals surface area contributed by atoms with E-state index in [1.807, 2.05) is 13.8 Å². The van der Waals surface area contributed by atoms with Gasteiger partial charge in [-0.2, -0.15) is 4.67 Å². The van der Waals surface area contributed by atoms with Crippen LogP contribution in [0, 0.1) is 0 Å². The Hall–Kier alpha value is -1.07. The minimum atomic E-state index is -3.13. The third kappa shape index (κ3) is 3.09. The van der Waals surface area contributed by atoms with E-state index >= 15 is 0 Å². The van der Waals surface area contributed by atoms with Crippen molar-refractivity contribution in [1.29, 1.82) is 0 Å². The van der Waals surface area contributed by atoms with E-state index in [2.05, 4.69) is 0 Å². The third-order valence-electron chi connectivity index (χ3n) is 2.93. The average Bonchev–Trinajstić information content (AvgIpc) is 2.76. The number of hydrogen-bond acceptors (Lipinski definition) is 5. The molecule has 114 valence electrons. The Morgan fingerprint density at radius 2 is 1.43 bits per heavy atom. The van der Waals surface area contributed by atoms with Gasteiger partial charge in [0.15, 0.2) is 0 Å². The standard InChI is InChI=1S/C14H18NO4PS/c1-3-9-18-20(21,19-10-4-2)15-13(16)11-7-5-6-8-12(11)14(15)17/h5-8H,3-4,9-10H2,1-2H3. The first-order chi connectivity index (χ1) is 10.0. The first-order valence-electron chi connectivity index (χ1n) is 6.92. The van der Waals surface area contributed by atoms with Gasteiger partial charge in [0.2, 0.25) is 0 Å². The number of amides is 2. The monoisotopic (exact) mass is 327 g/mol. The molecule has 0 unspecified atom stereocenters. The molecule has 0 saturated heterocycles. The molecule has 5 nitrogen and oxygen atoms in total. The maximum absolute atomic E-state index is 12.5. The molecule has 2 amide bonds. The number of fused-ring (bicyclic) bond motifs is 1. The molecule has 0 aromatic heterocycles. The van der Waals surface area contributed by atoms with Gasteiger partial charge in [0.05, 0.1) is 24.3 Å². The maximum Gasteiger partial charge on any atom is 0.299 e. The quantitative estimate of drug-likeness (QED) is 0.568. The highest BCUT2D eigenvalue weighted by atomic mass is 32.5. The Labute approximate surface area is 129 Å². The van der Waals surface area contributed by atoms with Gasteiger partial charge in [0.25, 0.3) is 18.5 Å². The summed E-state index contributed by atoms with van der Waals surface area (Å²) >= 11 is 5.44. The molecular weight excluding hydrogens is 309 g/mol. The van der Waals surface area contributed by atoms with Gasteiger partial charge in [-0.1, -0.05) is 26.0 Å². The Bertz CT molecular complexity index is 557. The fourth-order valence-corrected chi connectivity index (χ4v) is 4.65. The molecule has 0 bridgehead atoms. The smallest absolute Gasteiger partial charge is 0.299 e. The summed E-state index contributed by atoms with van der Waals surface area (Å²) < 4.78 is 12.3. The lowest BCUT2D eigenvalue weighted by Gasteiger charge is -2.28. The fourth-order valence-electron chi connectivity index (χ4n) is 1.97. The van der Waals surface area contributed by atoms with Gasteiger partial charge in [0, 0.05) is 0 Å². The highest BCUT2D eigenvalue weighted by molar-refractivity contribution is 8.09. The third-order valence-corrected chi connectivity index (χ3v) is 5.93. The molecule has 2 rings (SSSR count). The normalized spacial score (nSPS) is 14.7. The molecule has 0 saturated carbocycles. The van der Waals surface area contributed by atoms with Gasteiger partial charge < -0.3 is 9.05 Å². The topological polar surface area (TPSA) is 55.8 Å². The van der Waals surface area contributed by atoms with E-state index in [0.717, 1.165) is 17.5 Å². The van der Waals surface area contributed by atoms with Crippen molar-refractivity contribution < 1.29 is 18.6 Å². The minimum absolute atomic E-state index is 0.356. The molecule has 0 spiro atoms. The van der Waals surface area contributed by atoms with Crippen molar-refractivity contribution in [1.82, 2.24) is 4.67 Å². The van der Waals surface area contributed by atoms with Gasteiger partial charge in [-0.25, -0.2) is 0 Å². The van der Waals surface area contributed by atoms with Gasteiger partial charge in [0.1, 0.15) is 0 Å². The van der Waals surface area contributed by atoms with Crippen LogP contribution in [0.2, 0.25) is 0 Å². The Balaban J connectivity index is 2.36. The molecular formula is C14H18NO4PS. The highest BCUT2D eigenvalue weighted by Crippen LogP contribution is 2.55. The SMILES string of the molecule is CCCOP(=S)(OCCC)N1C(=O)c2ccccc2C1=O. The van der Waals surface area contributed by atoms with E-state index in [1.54, 1.807) is 24.3 Å². The summed E-state index contributed by atoms with van der Waals surface area (Å²) in [7, 11) is 0. The number of carbonyl (C=O) groups excluding carboxylic acids is 2. The number of benzene rings is 1. The summed E-state index contributed by atoms with van der Waals surface area (Å²) in [6, 6.07) is 6.68. The van der Waals surface area contributed by atoms with Gasteiger partial charge >= 0.3 is 0 Å². The summed E-state index contributed by atoms with van der Waals surface area (Å²) in [6.45, 7) is 1.45. The fraction of sp³-hybridized carbons (Fsp3) is 0.429. The molecule has 1 aromatic carbocycles. The zero-order valence-electron chi connectivity index (χ0n) is 12.1. The zero-order chi connectivity index (χ0) is 15.5. The number of imide groups is 1. The largest absolute Gasteiger partial charge is 0.313 e.